The third-order valence-corrected chi connectivity index (χ3v) is 2.68. The Morgan fingerprint density at radius 1 is 1.42 bits per heavy atom. The van der Waals surface area contributed by atoms with Gasteiger partial charge in [-0.15, -0.1) is 0 Å². The van der Waals surface area contributed by atoms with E-state index < -0.39 is 16.5 Å². The van der Waals surface area contributed by atoms with Crippen LogP contribution in [-0.2, 0) is 11.2 Å². The van der Waals surface area contributed by atoms with Crippen molar-refractivity contribution in [3.63, 3.8) is 0 Å². The molecular weight excluding hydrogens is 314 g/mol. The standard InChI is InChI=1S/C13H16BrNO4/c1-13(2,3)19-12(16)10-5-4-9(6-7-14)11(8-10)15(17)18/h4-5,8H,6-7H2,1-3H3. The first-order chi connectivity index (χ1) is 8.74. The van der Waals surface area contributed by atoms with Crippen LogP contribution < -0.4 is 0 Å². The van der Waals surface area contributed by atoms with Crippen LogP contribution in [0.5, 0.6) is 0 Å². The number of carbonyl (C=O) groups is 1. The molecule has 1 aromatic rings. The van der Waals surface area contributed by atoms with Crippen molar-refractivity contribution in [1.82, 2.24) is 0 Å². The summed E-state index contributed by atoms with van der Waals surface area (Å²) in [5.74, 6) is -0.555. The summed E-state index contributed by atoms with van der Waals surface area (Å²) in [6.45, 7) is 5.25. The quantitative estimate of drug-likeness (QED) is 0.367. The second kappa shape index (κ2) is 6.14. The number of nitro benzene ring substituents is 1. The van der Waals surface area contributed by atoms with Crippen LogP contribution >= 0.6 is 15.9 Å². The van der Waals surface area contributed by atoms with Crippen LogP contribution in [0.1, 0.15) is 36.7 Å². The molecule has 0 atom stereocenters. The average molecular weight is 330 g/mol. The molecule has 0 spiro atoms. The highest BCUT2D eigenvalue weighted by molar-refractivity contribution is 9.09. The van der Waals surface area contributed by atoms with Crippen LogP contribution in [0, 0.1) is 10.1 Å². The fourth-order valence-electron chi connectivity index (χ4n) is 1.51. The lowest BCUT2D eigenvalue weighted by atomic mass is 10.1. The van der Waals surface area contributed by atoms with Gasteiger partial charge < -0.3 is 4.74 Å². The first-order valence-electron chi connectivity index (χ1n) is 5.81. The maximum absolute atomic E-state index is 11.9. The zero-order valence-corrected chi connectivity index (χ0v) is 12.7. The summed E-state index contributed by atoms with van der Waals surface area (Å²) in [5.41, 5.74) is 0.109. The molecule has 19 heavy (non-hydrogen) atoms. The van der Waals surface area contributed by atoms with Gasteiger partial charge in [-0.3, -0.25) is 10.1 Å². The van der Waals surface area contributed by atoms with Crippen LogP contribution in [0.25, 0.3) is 0 Å². The number of rotatable bonds is 4. The number of hydrogen-bond donors (Lipinski definition) is 0. The molecule has 0 aromatic heterocycles. The molecule has 0 amide bonds. The number of alkyl halides is 1. The molecule has 0 aliphatic heterocycles. The van der Waals surface area contributed by atoms with Crippen molar-refractivity contribution >= 4 is 27.6 Å². The van der Waals surface area contributed by atoms with Crippen molar-refractivity contribution in [3.8, 4) is 0 Å². The van der Waals surface area contributed by atoms with Gasteiger partial charge in [0, 0.05) is 17.0 Å². The van der Waals surface area contributed by atoms with Gasteiger partial charge in [0.15, 0.2) is 0 Å². The summed E-state index contributed by atoms with van der Waals surface area (Å²) in [7, 11) is 0. The molecule has 0 radical (unpaired) electrons. The van der Waals surface area contributed by atoms with E-state index in [9.17, 15) is 14.9 Å². The van der Waals surface area contributed by atoms with E-state index in [1.807, 2.05) is 0 Å². The minimum absolute atomic E-state index is 0.0530. The summed E-state index contributed by atoms with van der Waals surface area (Å²) >= 11 is 3.24. The molecule has 0 N–H and O–H groups in total. The highest BCUT2D eigenvalue weighted by atomic mass is 79.9. The largest absolute Gasteiger partial charge is 0.456 e. The average Bonchev–Trinajstić information content (AvgIpc) is 2.27. The Balaban J connectivity index is 3.08. The number of aryl methyl sites for hydroxylation is 1. The smallest absolute Gasteiger partial charge is 0.338 e. The van der Waals surface area contributed by atoms with Crippen molar-refractivity contribution in [2.75, 3.05) is 5.33 Å². The van der Waals surface area contributed by atoms with E-state index >= 15 is 0 Å². The highest BCUT2D eigenvalue weighted by Gasteiger charge is 2.21. The number of halogens is 1. The molecule has 0 saturated carbocycles. The molecule has 0 unspecified atom stereocenters. The summed E-state index contributed by atoms with van der Waals surface area (Å²) in [6, 6.07) is 4.42. The molecule has 0 bridgehead atoms. The predicted molar refractivity (Wildman–Crippen MR) is 75.8 cm³/mol. The van der Waals surface area contributed by atoms with Gasteiger partial charge in [-0.05, 0) is 33.3 Å². The highest BCUT2D eigenvalue weighted by Crippen LogP contribution is 2.23. The lowest BCUT2D eigenvalue weighted by molar-refractivity contribution is -0.385. The lowest BCUT2D eigenvalue weighted by Gasteiger charge is -2.19. The van der Waals surface area contributed by atoms with Gasteiger partial charge in [0.05, 0.1) is 10.5 Å². The Labute approximate surface area is 120 Å². The Hall–Kier alpha value is -1.43. The molecular formula is C13H16BrNO4. The van der Waals surface area contributed by atoms with E-state index in [0.717, 1.165) is 0 Å². The van der Waals surface area contributed by atoms with E-state index in [1.165, 1.54) is 6.07 Å². The SMILES string of the molecule is CC(C)(C)OC(=O)c1ccc(CCBr)c([N+](=O)[O-])c1. The third-order valence-electron chi connectivity index (χ3n) is 2.28. The van der Waals surface area contributed by atoms with Crippen LogP contribution in [0.4, 0.5) is 5.69 Å². The Morgan fingerprint density at radius 2 is 2.05 bits per heavy atom. The van der Waals surface area contributed by atoms with Gasteiger partial charge in [0.1, 0.15) is 5.60 Å². The van der Waals surface area contributed by atoms with Gasteiger partial charge in [-0.25, -0.2) is 4.79 Å². The van der Waals surface area contributed by atoms with Crippen LogP contribution in [0.15, 0.2) is 18.2 Å². The zero-order chi connectivity index (χ0) is 14.6. The Morgan fingerprint density at radius 3 is 2.53 bits per heavy atom. The summed E-state index contributed by atoms with van der Waals surface area (Å²) in [5, 5.41) is 11.6. The number of ether oxygens (including phenoxy) is 1. The van der Waals surface area contributed by atoms with Gasteiger partial charge in [-0.2, -0.15) is 0 Å². The fraction of sp³-hybridized carbons (Fsp3) is 0.462. The molecule has 1 aromatic carbocycles. The van der Waals surface area contributed by atoms with E-state index in [4.69, 9.17) is 4.74 Å². The second-order valence-corrected chi connectivity index (χ2v) is 5.83. The van der Waals surface area contributed by atoms with Crippen molar-refractivity contribution < 1.29 is 14.5 Å². The third kappa shape index (κ3) is 4.63. The van der Waals surface area contributed by atoms with Crippen LogP contribution in [0.2, 0.25) is 0 Å². The van der Waals surface area contributed by atoms with Crippen molar-refractivity contribution in [3.05, 3.63) is 39.4 Å². The van der Waals surface area contributed by atoms with Gasteiger partial charge >= 0.3 is 5.97 Å². The van der Waals surface area contributed by atoms with Gasteiger partial charge in [-0.1, -0.05) is 22.0 Å². The monoisotopic (exact) mass is 329 g/mol. The number of benzene rings is 1. The number of nitro groups is 1. The number of esters is 1. The van der Waals surface area contributed by atoms with Crippen LogP contribution in [0.3, 0.4) is 0 Å². The Bertz CT molecular complexity index is 494. The molecule has 0 aliphatic rings. The van der Waals surface area contributed by atoms with Crippen molar-refractivity contribution in [2.45, 2.75) is 32.8 Å². The minimum atomic E-state index is -0.625. The van der Waals surface area contributed by atoms with Crippen LogP contribution in [-0.4, -0.2) is 21.8 Å². The predicted octanol–water partition coefficient (Wildman–Crippen LogP) is 3.49. The first kappa shape index (κ1) is 15.6. The fourth-order valence-corrected chi connectivity index (χ4v) is 1.94. The van der Waals surface area contributed by atoms with E-state index in [-0.39, 0.29) is 11.3 Å². The molecule has 0 aliphatic carbocycles. The van der Waals surface area contributed by atoms with E-state index in [2.05, 4.69) is 15.9 Å². The summed E-state index contributed by atoms with van der Waals surface area (Å²) < 4.78 is 5.19. The van der Waals surface area contributed by atoms with Crippen molar-refractivity contribution in [2.24, 2.45) is 0 Å². The van der Waals surface area contributed by atoms with Crippen molar-refractivity contribution in [1.29, 1.82) is 0 Å². The normalized spacial score (nSPS) is 11.2. The van der Waals surface area contributed by atoms with Gasteiger partial charge in [0.25, 0.3) is 5.69 Å². The molecule has 1 rings (SSSR count). The maximum Gasteiger partial charge on any atom is 0.338 e. The minimum Gasteiger partial charge on any atom is -0.456 e. The van der Waals surface area contributed by atoms with E-state index in [0.29, 0.717) is 17.3 Å². The summed E-state index contributed by atoms with van der Waals surface area (Å²) in [6.07, 6.45) is 0.533. The molecule has 104 valence electrons. The Kier molecular flexibility index (Phi) is 5.05. The molecule has 6 heteroatoms. The number of hydrogen-bond acceptors (Lipinski definition) is 4. The van der Waals surface area contributed by atoms with E-state index in [1.54, 1.807) is 32.9 Å². The summed E-state index contributed by atoms with van der Waals surface area (Å²) in [4.78, 5) is 22.4. The number of nitrogens with zero attached hydrogens (tertiary/aromatic N) is 1. The topological polar surface area (TPSA) is 69.4 Å². The molecule has 0 saturated heterocycles. The molecule has 5 nitrogen and oxygen atoms in total. The lowest BCUT2D eigenvalue weighted by Crippen LogP contribution is -2.24. The number of carbonyl (C=O) groups excluding carboxylic acids is 1. The molecule has 0 fully saturated rings. The second-order valence-electron chi connectivity index (χ2n) is 5.04. The maximum atomic E-state index is 11.9. The first-order valence-corrected chi connectivity index (χ1v) is 6.93. The molecule has 0 heterocycles. The van der Waals surface area contributed by atoms with Gasteiger partial charge in [0.2, 0.25) is 0 Å². The zero-order valence-electron chi connectivity index (χ0n) is 11.1.